The Morgan fingerprint density at radius 3 is 1.55 bits per heavy atom. The van der Waals surface area contributed by atoms with E-state index in [-0.39, 0.29) is 0 Å². The Labute approximate surface area is 224 Å². The summed E-state index contributed by atoms with van der Waals surface area (Å²) in [5, 5.41) is 0. The minimum atomic E-state index is -0.772. The van der Waals surface area contributed by atoms with Crippen molar-refractivity contribution in [1.29, 1.82) is 0 Å². The van der Waals surface area contributed by atoms with Crippen LogP contribution in [0.5, 0.6) is 0 Å². The minimum Gasteiger partial charge on any atom is -0.339 e. The van der Waals surface area contributed by atoms with Gasteiger partial charge in [-0.1, -0.05) is 76.2 Å². The second-order valence-corrected chi connectivity index (χ2v) is 35.9. The number of hydrogen-bond donors (Lipinski definition) is 0. The fraction of sp³-hybridized carbons (Fsp3) is 1.00. The Morgan fingerprint density at radius 2 is 1.06 bits per heavy atom. The first-order valence-corrected chi connectivity index (χ1v) is 31.6. The van der Waals surface area contributed by atoms with Crippen molar-refractivity contribution in [3.05, 3.63) is 0 Å². The molecular weight excluding hydrogens is 686 g/mol. The van der Waals surface area contributed by atoms with E-state index < -0.39 is 66.6 Å². The molecule has 15 atom stereocenters. The van der Waals surface area contributed by atoms with Gasteiger partial charge >= 0.3 is 0 Å². The molecule has 0 radical (unpaired) electrons. The van der Waals surface area contributed by atoms with Crippen molar-refractivity contribution in [2.75, 3.05) is 33.3 Å². The van der Waals surface area contributed by atoms with Crippen LogP contribution < -0.4 is 0 Å². The van der Waals surface area contributed by atoms with E-state index in [1.54, 1.807) is 33.0 Å². The van der Waals surface area contributed by atoms with Crippen LogP contribution in [0.1, 0.15) is 0 Å². The summed E-state index contributed by atoms with van der Waals surface area (Å²) < 4.78 is 37.9. The average Bonchev–Trinajstić information content (AvgIpc) is 2.72. The lowest BCUT2D eigenvalue weighted by atomic mass is 10.0. The van der Waals surface area contributed by atoms with E-state index in [2.05, 4.69) is 69.8 Å². The van der Waals surface area contributed by atoms with Gasteiger partial charge in [0, 0.05) is 23.3 Å². The largest absolute Gasteiger partial charge is 0.339 e. The van der Waals surface area contributed by atoms with E-state index >= 15 is 0 Å². The highest BCUT2D eigenvalue weighted by Gasteiger charge is 2.52. The predicted octanol–water partition coefficient (Wildman–Crippen LogP) is 9.18. The van der Waals surface area contributed by atoms with Gasteiger partial charge in [0.1, 0.15) is 12.2 Å². The molecule has 1 fully saturated rings. The molecule has 31 heavy (non-hydrogen) atoms. The first-order chi connectivity index (χ1) is 14.6. The Balaban J connectivity index is 3.28. The van der Waals surface area contributed by atoms with Gasteiger partial charge in [-0.25, -0.2) is 0 Å². The van der Waals surface area contributed by atoms with Gasteiger partial charge in [-0.05, 0) is 46.9 Å². The maximum absolute atomic E-state index is 6.51. The topological polar surface area (TPSA) is 55.4 Å². The molecule has 0 aliphatic carbocycles. The SMILES string of the molecule is CP(P)SO[C@H]1OC(OP(C)SP)[C@@H](OP(C)SP)C(OP(C)SP)[C@H]1OSP(C)P. The Bertz CT molecular complexity index is 495. The van der Waals surface area contributed by atoms with Gasteiger partial charge < -0.3 is 18.3 Å². The number of ether oxygens (including phenoxy) is 1. The quantitative estimate of drug-likeness (QED) is 0.121. The minimum absolute atomic E-state index is 0.395. The summed E-state index contributed by atoms with van der Waals surface area (Å²) in [6, 6.07) is 0. The van der Waals surface area contributed by atoms with Crippen LogP contribution in [0.15, 0.2) is 0 Å². The highest BCUT2D eigenvalue weighted by molar-refractivity contribution is 8.78. The number of hydrogen-bond acceptors (Lipinski definition) is 11. The van der Waals surface area contributed by atoms with Crippen LogP contribution in [0.3, 0.4) is 0 Å². The Hall–Kier alpha value is 5.81. The molecule has 12 unspecified atom stereocenters. The zero-order valence-electron chi connectivity index (χ0n) is 17.5. The Morgan fingerprint density at radius 1 is 0.613 bits per heavy atom. The fourth-order valence-corrected chi connectivity index (χ4v) is 9.54. The molecule has 0 amide bonds. The molecule has 1 saturated heterocycles. The third-order valence-corrected chi connectivity index (χ3v) is 21.7. The summed E-state index contributed by atoms with van der Waals surface area (Å²) in [5.74, 6) is 0. The molecule has 1 heterocycles. The molecule has 0 aromatic carbocycles. The van der Waals surface area contributed by atoms with Gasteiger partial charge in [0.25, 0.3) is 0 Å². The second-order valence-electron chi connectivity index (χ2n) is 5.65. The lowest BCUT2D eigenvalue weighted by molar-refractivity contribution is -0.291. The molecule has 0 N–H and O–H groups in total. The van der Waals surface area contributed by atoms with Crippen LogP contribution in [0.2, 0.25) is 0 Å². The van der Waals surface area contributed by atoms with Gasteiger partial charge in [0.2, 0.25) is 6.29 Å². The molecule has 186 valence electrons. The maximum atomic E-state index is 6.51. The number of rotatable bonds is 15. The Kier molecular flexibility index (Phi) is 22.3. The molecule has 1 aliphatic rings. The van der Waals surface area contributed by atoms with E-state index in [9.17, 15) is 0 Å². The highest BCUT2D eigenvalue weighted by atomic mass is 33.1. The van der Waals surface area contributed by atoms with Crippen LogP contribution in [-0.2, 0) is 26.7 Å². The van der Waals surface area contributed by atoms with Gasteiger partial charge in [-0.2, -0.15) is 0 Å². The van der Waals surface area contributed by atoms with Crippen molar-refractivity contribution in [1.82, 2.24) is 0 Å². The van der Waals surface area contributed by atoms with Crippen LogP contribution in [0.25, 0.3) is 0 Å². The highest BCUT2D eigenvalue weighted by Crippen LogP contribution is 2.62. The van der Waals surface area contributed by atoms with Crippen molar-refractivity contribution in [2.24, 2.45) is 0 Å². The summed E-state index contributed by atoms with van der Waals surface area (Å²) in [7, 11) is 11.3. The summed E-state index contributed by atoms with van der Waals surface area (Å²) in [5.41, 5.74) is 0. The summed E-state index contributed by atoms with van der Waals surface area (Å²) in [6.07, 6.45) is -2.54. The van der Waals surface area contributed by atoms with Crippen molar-refractivity contribution in [3.63, 3.8) is 0 Å². The average molecular weight is 716 g/mol. The summed E-state index contributed by atoms with van der Waals surface area (Å²) >= 11 is 7.65. The maximum Gasteiger partial charge on any atom is 0.204 e. The van der Waals surface area contributed by atoms with Gasteiger partial charge in [-0.15, -0.1) is 0 Å². The van der Waals surface area contributed by atoms with Crippen molar-refractivity contribution in [3.8, 4) is 0 Å². The van der Waals surface area contributed by atoms with E-state index in [0.717, 1.165) is 0 Å². The third-order valence-electron chi connectivity index (χ3n) is 3.22. The van der Waals surface area contributed by atoms with Crippen LogP contribution >= 0.6 is 135 Å². The predicted molar refractivity (Wildman–Crippen MR) is 176 cm³/mol. The molecule has 6 nitrogen and oxygen atoms in total. The second kappa shape index (κ2) is 19.8. The molecule has 1 aliphatic heterocycles. The molecule has 21 heteroatoms. The molecule has 0 saturated carbocycles. The van der Waals surface area contributed by atoms with E-state index in [1.807, 2.05) is 6.66 Å². The molecule has 1 rings (SSSR count). The lowest BCUT2D eigenvalue weighted by Crippen LogP contribution is -2.59. The standard InChI is InChI=1S/C10H30O6P10S5/c1-22(29-19)12-6-7(13-23(2)30-20)9(14-24(3)31-21)11-10(16-28-26(5)18)8(6)15-27-25(4)17/h6-10H,17-21H2,1-5H3/t6?,7-,8+,9?,10+,22?,23?,24?,25?,26?/m0/s1. The van der Waals surface area contributed by atoms with Crippen molar-refractivity contribution < 1.29 is 26.7 Å². The first-order valence-electron chi connectivity index (χ1n) is 8.24. The van der Waals surface area contributed by atoms with Gasteiger partial charge in [0.15, 0.2) is 12.4 Å². The molecule has 0 bridgehead atoms. The smallest absolute Gasteiger partial charge is 0.204 e. The van der Waals surface area contributed by atoms with Crippen molar-refractivity contribution >= 4 is 135 Å². The van der Waals surface area contributed by atoms with Crippen LogP contribution in [0, 0.1) is 0 Å². The summed E-state index contributed by atoms with van der Waals surface area (Å²) in [4.78, 5) is 0. The zero-order valence-corrected chi connectivity index (χ0v) is 31.8. The summed E-state index contributed by atoms with van der Waals surface area (Å²) in [6.45, 7) is 9.57. The fourth-order valence-electron chi connectivity index (χ4n) is 2.07. The first kappa shape index (κ1) is 34.8. The van der Waals surface area contributed by atoms with Crippen LogP contribution in [-0.4, -0.2) is 64.2 Å². The molecule has 0 aromatic rings. The van der Waals surface area contributed by atoms with E-state index in [1.165, 1.54) is 23.3 Å². The van der Waals surface area contributed by atoms with Crippen LogP contribution in [0.4, 0.5) is 0 Å². The normalized spacial score (nSPS) is 31.7. The molecule has 0 aromatic heterocycles. The zero-order chi connectivity index (χ0) is 23.6. The monoisotopic (exact) mass is 716 g/mol. The van der Waals surface area contributed by atoms with Gasteiger partial charge in [-0.3, -0.25) is 8.37 Å². The van der Waals surface area contributed by atoms with Gasteiger partial charge in [0.05, 0.1) is 22.1 Å². The lowest BCUT2D eigenvalue weighted by Gasteiger charge is -2.45. The van der Waals surface area contributed by atoms with E-state index in [4.69, 9.17) is 26.7 Å². The van der Waals surface area contributed by atoms with Crippen molar-refractivity contribution in [2.45, 2.75) is 30.9 Å². The molecule has 0 spiro atoms. The van der Waals surface area contributed by atoms with E-state index in [0.29, 0.717) is 0 Å². The third kappa shape index (κ3) is 14.1. The molecular formula is C10H30O6P10S5.